The summed E-state index contributed by atoms with van der Waals surface area (Å²) in [7, 11) is 1.72. The van der Waals surface area contributed by atoms with E-state index in [0.717, 1.165) is 0 Å². The Labute approximate surface area is 110 Å². The molecule has 0 aliphatic rings. The van der Waals surface area contributed by atoms with E-state index in [-0.39, 0.29) is 18.9 Å². The lowest BCUT2D eigenvalue weighted by Gasteiger charge is -2.19. The Hall–Kier alpha value is -1.37. The lowest BCUT2D eigenvalue weighted by atomic mass is 10.2. The number of likely N-dealkylation sites (N-methyl/N-ethyl adjacent to an activating group) is 1. The zero-order chi connectivity index (χ0) is 13.5. The number of halogens is 1. The van der Waals surface area contributed by atoms with E-state index >= 15 is 0 Å². The molecule has 0 aliphatic heterocycles. The predicted molar refractivity (Wildman–Crippen MR) is 69.3 cm³/mol. The van der Waals surface area contributed by atoms with Crippen LogP contribution in [-0.2, 0) is 4.74 Å². The molecule has 0 aromatic heterocycles. The van der Waals surface area contributed by atoms with Gasteiger partial charge in [0.15, 0.2) is 0 Å². The molecule has 1 aromatic carbocycles. The highest BCUT2D eigenvalue weighted by molar-refractivity contribution is 6.31. The first kappa shape index (κ1) is 14.7. The van der Waals surface area contributed by atoms with Crippen molar-refractivity contribution in [3.05, 3.63) is 33.3 Å². The minimum atomic E-state index is -0.448. The largest absolute Gasteiger partial charge is 0.394 e. The number of ether oxygens (including phenoxy) is 1. The summed E-state index contributed by atoms with van der Waals surface area (Å²) in [4.78, 5) is 12.1. The van der Waals surface area contributed by atoms with E-state index in [1.54, 1.807) is 18.0 Å². The summed E-state index contributed by atoms with van der Waals surface area (Å²) in [6.07, 6.45) is 0. The number of aliphatic hydroxyl groups is 1. The third kappa shape index (κ3) is 4.14. The number of nitro groups is 1. The summed E-state index contributed by atoms with van der Waals surface area (Å²) >= 11 is 5.84. The highest BCUT2D eigenvalue weighted by atomic mass is 35.5. The Kier molecular flexibility index (Phi) is 5.84. The van der Waals surface area contributed by atoms with Gasteiger partial charge in [0.1, 0.15) is 5.69 Å². The van der Waals surface area contributed by atoms with E-state index in [1.165, 1.54) is 12.1 Å². The monoisotopic (exact) mass is 274 g/mol. The van der Waals surface area contributed by atoms with Gasteiger partial charge in [0.05, 0.1) is 24.7 Å². The summed E-state index contributed by atoms with van der Waals surface area (Å²) in [6.45, 7) is 1.06. The molecule has 1 N–H and O–H groups in total. The summed E-state index contributed by atoms with van der Waals surface area (Å²) in [5, 5.41) is 19.9. The van der Waals surface area contributed by atoms with Crippen molar-refractivity contribution in [2.24, 2.45) is 0 Å². The number of hydrogen-bond donors (Lipinski definition) is 1. The van der Waals surface area contributed by atoms with Gasteiger partial charge in [0.25, 0.3) is 5.69 Å². The van der Waals surface area contributed by atoms with E-state index in [2.05, 4.69) is 0 Å². The normalized spacial score (nSPS) is 10.4. The topological polar surface area (TPSA) is 75.8 Å². The molecular formula is C11H15ClN2O4. The van der Waals surface area contributed by atoms with Crippen molar-refractivity contribution in [2.75, 3.05) is 38.3 Å². The Morgan fingerprint density at radius 1 is 1.50 bits per heavy atom. The molecule has 0 atom stereocenters. The molecule has 1 aromatic rings. The summed E-state index contributed by atoms with van der Waals surface area (Å²) in [5.41, 5.74) is 0.448. The number of aliphatic hydroxyl groups excluding tert-OH is 1. The van der Waals surface area contributed by atoms with Crippen LogP contribution in [0.1, 0.15) is 0 Å². The van der Waals surface area contributed by atoms with Crippen LogP contribution < -0.4 is 4.90 Å². The first-order valence-electron chi connectivity index (χ1n) is 5.40. The molecule has 0 fully saturated rings. The third-order valence-electron chi connectivity index (χ3n) is 2.35. The molecule has 18 heavy (non-hydrogen) atoms. The molecular weight excluding hydrogens is 260 g/mol. The van der Waals surface area contributed by atoms with Crippen LogP contribution >= 0.6 is 11.6 Å². The summed E-state index contributed by atoms with van der Waals surface area (Å²) in [6, 6.07) is 4.41. The second-order valence-corrected chi connectivity index (χ2v) is 4.08. The minimum absolute atomic E-state index is 0.00376. The van der Waals surface area contributed by atoms with Gasteiger partial charge in [-0.3, -0.25) is 10.1 Å². The molecule has 0 saturated heterocycles. The Morgan fingerprint density at radius 2 is 2.22 bits per heavy atom. The lowest BCUT2D eigenvalue weighted by Crippen LogP contribution is -2.23. The molecule has 7 heteroatoms. The maximum absolute atomic E-state index is 10.9. The van der Waals surface area contributed by atoms with Crippen LogP contribution in [-0.4, -0.2) is 43.4 Å². The van der Waals surface area contributed by atoms with Crippen LogP contribution in [0, 0.1) is 10.1 Å². The minimum Gasteiger partial charge on any atom is -0.394 e. The molecule has 0 bridgehead atoms. The van der Waals surface area contributed by atoms with Crippen LogP contribution in [0.3, 0.4) is 0 Å². The molecule has 0 spiro atoms. The highest BCUT2D eigenvalue weighted by Gasteiger charge is 2.17. The summed E-state index contributed by atoms with van der Waals surface area (Å²) in [5.74, 6) is 0. The van der Waals surface area contributed by atoms with Crippen LogP contribution in [0.4, 0.5) is 11.4 Å². The lowest BCUT2D eigenvalue weighted by molar-refractivity contribution is -0.384. The SMILES string of the molecule is CN(CCOCCO)c1cc(Cl)ccc1[N+](=O)[O-]. The number of nitro benzene ring substituents is 1. The van der Waals surface area contributed by atoms with E-state index in [9.17, 15) is 10.1 Å². The number of hydrogen-bond acceptors (Lipinski definition) is 5. The smallest absolute Gasteiger partial charge is 0.292 e. The van der Waals surface area contributed by atoms with Gasteiger partial charge in [-0.05, 0) is 12.1 Å². The Bertz CT molecular complexity index is 414. The molecule has 0 saturated carbocycles. The van der Waals surface area contributed by atoms with Crippen molar-refractivity contribution in [1.29, 1.82) is 0 Å². The molecule has 0 radical (unpaired) electrons. The van der Waals surface area contributed by atoms with Crippen LogP contribution in [0.2, 0.25) is 5.02 Å². The molecule has 0 unspecified atom stereocenters. The van der Waals surface area contributed by atoms with E-state index in [1.807, 2.05) is 0 Å². The maximum atomic E-state index is 10.9. The summed E-state index contributed by atoms with van der Waals surface area (Å²) < 4.78 is 5.11. The van der Waals surface area contributed by atoms with Gasteiger partial charge in [-0.1, -0.05) is 11.6 Å². The van der Waals surface area contributed by atoms with Gasteiger partial charge in [0.2, 0.25) is 0 Å². The quantitative estimate of drug-likeness (QED) is 0.465. The standard InChI is InChI=1S/C11H15ClN2O4/c1-13(4-6-18-7-5-15)11-8-9(12)2-3-10(11)14(16)17/h2-3,8,15H,4-7H2,1H3. The van der Waals surface area contributed by atoms with Crippen LogP contribution in [0.15, 0.2) is 18.2 Å². The van der Waals surface area contributed by atoms with Gasteiger partial charge in [-0.2, -0.15) is 0 Å². The zero-order valence-corrected chi connectivity index (χ0v) is 10.8. The van der Waals surface area contributed by atoms with Crippen molar-refractivity contribution < 1.29 is 14.8 Å². The second-order valence-electron chi connectivity index (χ2n) is 3.65. The van der Waals surface area contributed by atoms with Crippen LogP contribution in [0.5, 0.6) is 0 Å². The first-order valence-corrected chi connectivity index (χ1v) is 5.77. The van der Waals surface area contributed by atoms with E-state index in [0.29, 0.717) is 23.9 Å². The molecule has 100 valence electrons. The average Bonchev–Trinajstić information content (AvgIpc) is 2.34. The maximum Gasteiger partial charge on any atom is 0.292 e. The van der Waals surface area contributed by atoms with Crippen LogP contribution in [0.25, 0.3) is 0 Å². The first-order chi connectivity index (χ1) is 8.56. The van der Waals surface area contributed by atoms with Crippen molar-refractivity contribution >= 4 is 23.0 Å². The van der Waals surface area contributed by atoms with Crippen molar-refractivity contribution in [2.45, 2.75) is 0 Å². The second kappa shape index (κ2) is 7.15. The molecule has 6 nitrogen and oxygen atoms in total. The van der Waals surface area contributed by atoms with Crippen molar-refractivity contribution in [1.82, 2.24) is 0 Å². The van der Waals surface area contributed by atoms with Crippen molar-refractivity contribution in [3.63, 3.8) is 0 Å². The number of nitrogens with zero attached hydrogens (tertiary/aromatic N) is 2. The number of anilines is 1. The fraction of sp³-hybridized carbons (Fsp3) is 0.455. The van der Waals surface area contributed by atoms with E-state index in [4.69, 9.17) is 21.4 Å². The average molecular weight is 275 g/mol. The van der Waals surface area contributed by atoms with Gasteiger partial charge >= 0.3 is 0 Å². The molecule has 0 aliphatic carbocycles. The zero-order valence-electron chi connectivity index (χ0n) is 10.0. The van der Waals surface area contributed by atoms with Gasteiger partial charge in [-0.15, -0.1) is 0 Å². The van der Waals surface area contributed by atoms with Gasteiger partial charge < -0.3 is 14.7 Å². The highest BCUT2D eigenvalue weighted by Crippen LogP contribution is 2.30. The Balaban J connectivity index is 2.74. The Morgan fingerprint density at radius 3 is 2.83 bits per heavy atom. The van der Waals surface area contributed by atoms with E-state index < -0.39 is 4.92 Å². The fourth-order valence-electron chi connectivity index (χ4n) is 1.45. The predicted octanol–water partition coefficient (Wildman–Crippen LogP) is 1.69. The van der Waals surface area contributed by atoms with Gasteiger partial charge in [0, 0.05) is 24.7 Å². The molecule has 1 rings (SSSR count). The third-order valence-corrected chi connectivity index (χ3v) is 2.59. The molecule has 0 heterocycles. The molecule has 0 amide bonds. The number of rotatable bonds is 7. The fourth-order valence-corrected chi connectivity index (χ4v) is 1.61. The number of benzene rings is 1. The van der Waals surface area contributed by atoms with Gasteiger partial charge in [-0.25, -0.2) is 0 Å². The van der Waals surface area contributed by atoms with Crippen molar-refractivity contribution in [3.8, 4) is 0 Å².